The average molecular weight is 211 g/mol. The summed E-state index contributed by atoms with van der Waals surface area (Å²) in [5.74, 6) is 1.54. The van der Waals surface area contributed by atoms with E-state index in [1.165, 1.54) is 19.3 Å². The molecule has 1 aliphatic rings. The monoisotopic (exact) mass is 211 g/mol. The summed E-state index contributed by atoms with van der Waals surface area (Å²) in [7, 11) is 1.93. The lowest BCUT2D eigenvalue weighted by Crippen LogP contribution is -2.39. The van der Waals surface area contributed by atoms with Crippen LogP contribution in [0, 0.1) is 11.8 Å². The quantitative estimate of drug-likeness (QED) is 0.702. The van der Waals surface area contributed by atoms with Gasteiger partial charge in [-0.2, -0.15) is 0 Å². The number of hydrogen-bond donors (Lipinski definition) is 0. The van der Waals surface area contributed by atoms with E-state index in [1.807, 2.05) is 11.9 Å². The summed E-state index contributed by atoms with van der Waals surface area (Å²) in [5, 5.41) is 0. The lowest BCUT2D eigenvalue weighted by Gasteiger charge is -2.31. The molecule has 1 saturated carbocycles. The Kier molecular flexibility index (Phi) is 4.62. The molecule has 1 aliphatic carbocycles. The zero-order chi connectivity index (χ0) is 11.4. The highest BCUT2D eigenvalue weighted by atomic mass is 16.2. The Labute approximate surface area is 94.0 Å². The first-order valence-electron chi connectivity index (χ1n) is 6.32. The minimum Gasteiger partial charge on any atom is -0.343 e. The van der Waals surface area contributed by atoms with Crippen molar-refractivity contribution in [1.82, 2.24) is 4.90 Å². The van der Waals surface area contributed by atoms with Crippen molar-refractivity contribution in [1.29, 1.82) is 0 Å². The minimum absolute atomic E-state index is 0.306. The topological polar surface area (TPSA) is 20.3 Å². The molecule has 2 heteroatoms. The maximum Gasteiger partial charge on any atom is 0.225 e. The number of carbonyl (C=O) groups excluding carboxylic acids is 1. The fourth-order valence-corrected chi connectivity index (χ4v) is 2.36. The fraction of sp³-hybridized carbons (Fsp3) is 0.923. The molecule has 0 radical (unpaired) electrons. The van der Waals surface area contributed by atoms with Gasteiger partial charge in [-0.15, -0.1) is 0 Å². The van der Waals surface area contributed by atoms with Crippen LogP contribution in [0.5, 0.6) is 0 Å². The molecule has 0 bridgehead atoms. The van der Waals surface area contributed by atoms with Crippen LogP contribution in [-0.4, -0.2) is 23.9 Å². The van der Waals surface area contributed by atoms with Crippen LogP contribution >= 0.6 is 0 Å². The second-order valence-corrected chi connectivity index (χ2v) is 5.17. The average Bonchev–Trinajstić information content (AvgIpc) is 2.27. The van der Waals surface area contributed by atoms with E-state index in [4.69, 9.17) is 0 Å². The highest BCUT2D eigenvalue weighted by Gasteiger charge is 2.28. The van der Waals surface area contributed by atoms with E-state index in [2.05, 4.69) is 20.8 Å². The van der Waals surface area contributed by atoms with Crippen LogP contribution < -0.4 is 0 Å². The van der Waals surface area contributed by atoms with Crippen LogP contribution in [0.1, 0.15) is 52.9 Å². The summed E-state index contributed by atoms with van der Waals surface area (Å²) in [6.07, 6.45) is 5.99. The second-order valence-electron chi connectivity index (χ2n) is 5.17. The van der Waals surface area contributed by atoms with Gasteiger partial charge in [0.1, 0.15) is 0 Å². The van der Waals surface area contributed by atoms with E-state index in [1.54, 1.807) is 0 Å². The SMILES string of the molecule is CCC1CCC(C(=O)N(C)C(C)C)CC1. The predicted octanol–water partition coefficient (Wildman–Crippen LogP) is 3.07. The van der Waals surface area contributed by atoms with Crippen LogP contribution in [0.3, 0.4) is 0 Å². The van der Waals surface area contributed by atoms with Crippen LogP contribution in [0.4, 0.5) is 0 Å². The zero-order valence-corrected chi connectivity index (χ0v) is 10.6. The molecule has 0 unspecified atom stereocenters. The lowest BCUT2D eigenvalue weighted by atomic mass is 9.80. The van der Waals surface area contributed by atoms with Gasteiger partial charge in [0.25, 0.3) is 0 Å². The molecule has 15 heavy (non-hydrogen) atoms. The van der Waals surface area contributed by atoms with Gasteiger partial charge in [-0.05, 0) is 45.4 Å². The second kappa shape index (κ2) is 5.53. The third-order valence-corrected chi connectivity index (χ3v) is 3.90. The Morgan fingerprint density at radius 3 is 2.20 bits per heavy atom. The molecule has 2 nitrogen and oxygen atoms in total. The summed E-state index contributed by atoms with van der Waals surface area (Å²) >= 11 is 0. The van der Waals surface area contributed by atoms with Crippen molar-refractivity contribution in [3.63, 3.8) is 0 Å². The molecule has 0 aliphatic heterocycles. The highest BCUT2D eigenvalue weighted by Crippen LogP contribution is 2.31. The molecule has 0 saturated heterocycles. The van der Waals surface area contributed by atoms with Crippen LogP contribution in [-0.2, 0) is 4.79 Å². The van der Waals surface area contributed by atoms with Gasteiger partial charge in [-0.1, -0.05) is 13.3 Å². The fourth-order valence-electron chi connectivity index (χ4n) is 2.36. The Bertz CT molecular complexity index is 205. The van der Waals surface area contributed by atoms with Crippen molar-refractivity contribution in [2.75, 3.05) is 7.05 Å². The molecule has 0 aromatic carbocycles. The molecule has 1 amide bonds. The standard InChI is InChI=1S/C13H25NO/c1-5-11-6-8-12(9-7-11)13(15)14(4)10(2)3/h10-12H,5-9H2,1-4H3. The van der Waals surface area contributed by atoms with Crippen molar-refractivity contribution in [3.8, 4) is 0 Å². The maximum atomic E-state index is 12.1. The van der Waals surface area contributed by atoms with Crippen LogP contribution in [0.25, 0.3) is 0 Å². The molecule has 88 valence electrons. The molecule has 1 fully saturated rings. The summed E-state index contributed by atoms with van der Waals surface area (Å²) in [5.41, 5.74) is 0. The summed E-state index contributed by atoms with van der Waals surface area (Å²) in [6.45, 7) is 6.41. The molecular formula is C13H25NO. The van der Waals surface area contributed by atoms with Gasteiger partial charge in [0.05, 0.1) is 0 Å². The third kappa shape index (κ3) is 3.22. The third-order valence-electron chi connectivity index (χ3n) is 3.90. The van der Waals surface area contributed by atoms with Gasteiger partial charge < -0.3 is 4.90 Å². The molecule has 1 rings (SSSR count). The Balaban J connectivity index is 2.42. The summed E-state index contributed by atoms with van der Waals surface area (Å²) < 4.78 is 0. The van der Waals surface area contributed by atoms with E-state index < -0.39 is 0 Å². The van der Waals surface area contributed by atoms with E-state index in [9.17, 15) is 4.79 Å². The van der Waals surface area contributed by atoms with E-state index in [-0.39, 0.29) is 0 Å². The molecule has 0 spiro atoms. The Hall–Kier alpha value is -0.530. The predicted molar refractivity (Wildman–Crippen MR) is 63.6 cm³/mol. The number of nitrogens with zero attached hydrogens (tertiary/aromatic N) is 1. The first-order valence-corrected chi connectivity index (χ1v) is 6.32. The van der Waals surface area contributed by atoms with Crippen molar-refractivity contribution in [3.05, 3.63) is 0 Å². The maximum absolute atomic E-state index is 12.1. The van der Waals surface area contributed by atoms with Crippen molar-refractivity contribution < 1.29 is 4.79 Å². The molecular weight excluding hydrogens is 186 g/mol. The van der Waals surface area contributed by atoms with Crippen molar-refractivity contribution in [2.45, 2.75) is 58.9 Å². The number of carbonyl (C=O) groups is 1. The van der Waals surface area contributed by atoms with E-state index in [0.29, 0.717) is 17.9 Å². The smallest absolute Gasteiger partial charge is 0.225 e. The Morgan fingerprint density at radius 2 is 1.80 bits per heavy atom. The first kappa shape index (κ1) is 12.5. The summed E-state index contributed by atoms with van der Waals surface area (Å²) in [4.78, 5) is 14.0. The van der Waals surface area contributed by atoms with E-state index in [0.717, 1.165) is 18.8 Å². The van der Waals surface area contributed by atoms with E-state index >= 15 is 0 Å². The first-order chi connectivity index (χ1) is 7.06. The van der Waals surface area contributed by atoms with Gasteiger partial charge in [0, 0.05) is 19.0 Å². The molecule has 0 heterocycles. The van der Waals surface area contributed by atoms with Crippen molar-refractivity contribution in [2.24, 2.45) is 11.8 Å². The van der Waals surface area contributed by atoms with Gasteiger partial charge in [-0.25, -0.2) is 0 Å². The van der Waals surface area contributed by atoms with Crippen LogP contribution in [0.2, 0.25) is 0 Å². The molecule has 0 atom stereocenters. The molecule has 0 aromatic heterocycles. The van der Waals surface area contributed by atoms with Crippen molar-refractivity contribution >= 4 is 5.91 Å². The normalized spacial score (nSPS) is 26.7. The largest absolute Gasteiger partial charge is 0.343 e. The minimum atomic E-state index is 0.306. The number of rotatable bonds is 3. The van der Waals surface area contributed by atoms with Crippen LogP contribution in [0.15, 0.2) is 0 Å². The number of amides is 1. The van der Waals surface area contributed by atoms with Gasteiger partial charge in [-0.3, -0.25) is 4.79 Å². The Morgan fingerprint density at radius 1 is 1.27 bits per heavy atom. The molecule has 0 aromatic rings. The zero-order valence-electron chi connectivity index (χ0n) is 10.6. The lowest BCUT2D eigenvalue weighted by molar-refractivity contribution is -0.137. The molecule has 0 N–H and O–H groups in total. The summed E-state index contributed by atoms with van der Waals surface area (Å²) in [6, 6.07) is 0.335. The van der Waals surface area contributed by atoms with Gasteiger partial charge >= 0.3 is 0 Å². The number of hydrogen-bond acceptors (Lipinski definition) is 1. The van der Waals surface area contributed by atoms with Gasteiger partial charge in [0.15, 0.2) is 0 Å². The van der Waals surface area contributed by atoms with Gasteiger partial charge in [0.2, 0.25) is 5.91 Å². The highest BCUT2D eigenvalue weighted by molar-refractivity contribution is 5.78.